The van der Waals surface area contributed by atoms with Crippen molar-refractivity contribution in [3.05, 3.63) is 60.8 Å². The molecule has 0 aliphatic rings. The van der Waals surface area contributed by atoms with E-state index in [-0.39, 0.29) is 13.0 Å². The Balaban J connectivity index is 4.35. The number of carboxylic acids is 1. The van der Waals surface area contributed by atoms with Crippen molar-refractivity contribution in [1.82, 2.24) is 0 Å². The molecular formula is C42H74NO9P. The van der Waals surface area contributed by atoms with Crippen molar-refractivity contribution in [1.29, 1.82) is 0 Å². The molecule has 0 radical (unpaired) electrons. The van der Waals surface area contributed by atoms with Gasteiger partial charge in [0.2, 0.25) is 0 Å². The summed E-state index contributed by atoms with van der Waals surface area (Å²) in [4.78, 5) is 33.4. The monoisotopic (exact) mass is 768 g/mol. The van der Waals surface area contributed by atoms with Gasteiger partial charge in [-0.3, -0.25) is 18.6 Å². The number of nitrogens with two attached hydrogens (primary N) is 1. The molecule has 0 aliphatic heterocycles. The molecule has 4 N–H and O–H groups in total. The van der Waals surface area contributed by atoms with E-state index in [4.69, 9.17) is 29.4 Å². The van der Waals surface area contributed by atoms with Gasteiger partial charge in [0.05, 0.1) is 19.8 Å². The molecule has 0 fully saturated rings. The van der Waals surface area contributed by atoms with E-state index in [1.54, 1.807) is 0 Å². The Bertz CT molecular complexity index is 1070. The van der Waals surface area contributed by atoms with E-state index in [9.17, 15) is 19.0 Å². The molecule has 0 aromatic rings. The second kappa shape index (κ2) is 38.0. The molecule has 0 bridgehead atoms. The molecule has 0 aromatic carbocycles. The van der Waals surface area contributed by atoms with Gasteiger partial charge < -0.3 is 25.2 Å². The fraction of sp³-hybridized carbons (Fsp3) is 0.714. The molecule has 306 valence electrons. The zero-order valence-corrected chi connectivity index (χ0v) is 34.0. The van der Waals surface area contributed by atoms with Gasteiger partial charge in [0.1, 0.15) is 12.1 Å². The summed E-state index contributed by atoms with van der Waals surface area (Å²) in [6, 6.07) is -1.48. The van der Waals surface area contributed by atoms with Gasteiger partial charge in [0, 0.05) is 13.0 Å². The van der Waals surface area contributed by atoms with Gasteiger partial charge in [-0.2, -0.15) is 0 Å². The van der Waals surface area contributed by atoms with Crippen molar-refractivity contribution in [2.45, 2.75) is 167 Å². The van der Waals surface area contributed by atoms with E-state index >= 15 is 0 Å². The van der Waals surface area contributed by atoms with Crippen LogP contribution in [-0.4, -0.2) is 60.5 Å². The molecule has 0 spiro atoms. The number of carbonyl (C=O) groups is 2. The standard InChI is InChI=1S/C42H74NO9P/c1-3-5-7-9-11-13-15-17-18-19-20-21-22-23-24-26-28-30-32-34-41(44)52-39(37-50-53(47,48)51-38-40(43)42(45)46)36-49-35-33-31-29-27-25-16-14-12-10-8-6-4-2/h5,7,11,13,17-18,20-21,23-24,39-40H,3-4,6,8-10,12,14-16,19,22,25-38,43H2,1-2H3,(H,45,46)(H,47,48)/b7-5-,13-11-,18-17-,21-20-,24-23-. The zero-order valence-electron chi connectivity index (χ0n) is 33.1. The third-order valence-electron chi connectivity index (χ3n) is 8.31. The molecule has 0 heterocycles. The van der Waals surface area contributed by atoms with Crippen LogP contribution in [0.5, 0.6) is 0 Å². The van der Waals surface area contributed by atoms with Crippen LogP contribution in [0, 0.1) is 0 Å². The van der Waals surface area contributed by atoms with Crippen molar-refractivity contribution >= 4 is 19.8 Å². The molecule has 3 atom stereocenters. The minimum atomic E-state index is -4.62. The number of carbonyl (C=O) groups excluding carboxylic acids is 1. The number of ether oxygens (including phenoxy) is 2. The molecule has 0 saturated heterocycles. The number of unbranched alkanes of at least 4 members (excludes halogenated alkanes) is 14. The van der Waals surface area contributed by atoms with Crippen LogP contribution in [0.4, 0.5) is 0 Å². The van der Waals surface area contributed by atoms with Crippen LogP contribution in [0.15, 0.2) is 60.8 Å². The minimum Gasteiger partial charge on any atom is -0.480 e. The summed E-state index contributed by atoms with van der Waals surface area (Å²) < 4.78 is 33.2. The lowest BCUT2D eigenvalue weighted by Gasteiger charge is -2.20. The van der Waals surface area contributed by atoms with Gasteiger partial charge in [-0.1, -0.05) is 152 Å². The number of aliphatic carboxylic acids is 1. The average molecular weight is 768 g/mol. The fourth-order valence-corrected chi connectivity index (χ4v) is 5.94. The Morgan fingerprint density at radius 1 is 0.623 bits per heavy atom. The van der Waals surface area contributed by atoms with E-state index in [1.807, 2.05) is 0 Å². The number of phosphoric ester groups is 1. The van der Waals surface area contributed by atoms with E-state index in [1.165, 1.54) is 57.8 Å². The van der Waals surface area contributed by atoms with Crippen LogP contribution in [-0.2, 0) is 32.7 Å². The molecule has 3 unspecified atom stereocenters. The summed E-state index contributed by atoms with van der Waals surface area (Å²) in [6.07, 6.45) is 44.1. The van der Waals surface area contributed by atoms with Crippen LogP contribution in [0.2, 0.25) is 0 Å². The fourth-order valence-electron chi connectivity index (χ4n) is 5.16. The van der Waals surface area contributed by atoms with E-state index in [0.29, 0.717) is 13.0 Å². The SMILES string of the molecule is CC/C=C\C/C=C\C/C=C\C/C=C\C/C=C\CCCCCC(=O)OC(COCCCCCCCCCCCCCC)COP(=O)(O)OCC(N)C(=O)O. The number of phosphoric acid groups is 1. The van der Waals surface area contributed by atoms with Crippen LogP contribution < -0.4 is 5.73 Å². The molecule has 0 rings (SSSR count). The lowest BCUT2D eigenvalue weighted by Crippen LogP contribution is -2.34. The van der Waals surface area contributed by atoms with E-state index in [2.05, 4.69) is 74.6 Å². The first-order valence-electron chi connectivity index (χ1n) is 20.3. The maximum atomic E-state index is 12.6. The molecule has 11 heteroatoms. The van der Waals surface area contributed by atoms with Crippen molar-refractivity contribution in [2.75, 3.05) is 26.4 Å². The minimum absolute atomic E-state index is 0.00246. The summed E-state index contributed by atoms with van der Waals surface area (Å²) in [7, 11) is -4.62. The quantitative estimate of drug-likeness (QED) is 0.0239. The number of hydrogen-bond donors (Lipinski definition) is 3. The Kier molecular flexibility index (Phi) is 36.3. The predicted octanol–water partition coefficient (Wildman–Crippen LogP) is 10.9. The smallest absolute Gasteiger partial charge is 0.472 e. The number of allylic oxidation sites excluding steroid dienone is 10. The number of carboxylic acid groups (broad SMARTS) is 1. The summed E-state index contributed by atoms with van der Waals surface area (Å²) in [6.45, 7) is 3.71. The highest BCUT2D eigenvalue weighted by Gasteiger charge is 2.27. The Morgan fingerprint density at radius 3 is 1.62 bits per heavy atom. The normalized spacial score (nSPS) is 14.6. The number of esters is 1. The maximum Gasteiger partial charge on any atom is 0.472 e. The molecule has 53 heavy (non-hydrogen) atoms. The van der Waals surface area contributed by atoms with Crippen molar-refractivity contribution < 1.29 is 42.7 Å². The Labute approximate surface area is 322 Å². The maximum absolute atomic E-state index is 12.6. The van der Waals surface area contributed by atoms with Gasteiger partial charge in [-0.25, -0.2) is 4.57 Å². The van der Waals surface area contributed by atoms with Crippen molar-refractivity contribution in [3.8, 4) is 0 Å². The van der Waals surface area contributed by atoms with Crippen LogP contribution in [0.1, 0.15) is 155 Å². The molecular weight excluding hydrogens is 693 g/mol. The highest BCUT2D eigenvalue weighted by Crippen LogP contribution is 2.43. The second-order valence-corrected chi connectivity index (χ2v) is 14.8. The summed E-state index contributed by atoms with van der Waals surface area (Å²) >= 11 is 0. The second-order valence-electron chi connectivity index (χ2n) is 13.4. The summed E-state index contributed by atoms with van der Waals surface area (Å²) in [5.74, 6) is -1.81. The molecule has 0 amide bonds. The molecule has 0 aromatic heterocycles. The zero-order chi connectivity index (χ0) is 39.1. The van der Waals surface area contributed by atoms with Crippen molar-refractivity contribution in [2.24, 2.45) is 5.73 Å². The highest BCUT2D eigenvalue weighted by molar-refractivity contribution is 7.47. The third kappa shape index (κ3) is 37.8. The van der Waals surface area contributed by atoms with Crippen molar-refractivity contribution in [3.63, 3.8) is 0 Å². The van der Waals surface area contributed by atoms with E-state index in [0.717, 1.165) is 70.6 Å². The molecule has 0 saturated carbocycles. The van der Waals surface area contributed by atoms with Gasteiger partial charge in [-0.05, 0) is 57.8 Å². The van der Waals surface area contributed by atoms with Crippen LogP contribution in [0.3, 0.4) is 0 Å². The largest absolute Gasteiger partial charge is 0.480 e. The van der Waals surface area contributed by atoms with Gasteiger partial charge in [0.25, 0.3) is 0 Å². The first kappa shape index (κ1) is 50.7. The third-order valence-corrected chi connectivity index (χ3v) is 9.26. The Morgan fingerprint density at radius 2 is 1.09 bits per heavy atom. The summed E-state index contributed by atoms with van der Waals surface area (Å²) in [5.41, 5.74) is 5.34. The molecule has 10 nitrogen and oxygen atoms in total. The van der Waals surface area contributed by atoms with Crippen LogP contribution in [0.25, 0.3) is 0 Å². The van der Waals surface area contributed by atoms with Gasteiger partial charge in [0.15, 0.2) is 0 Å². The van der Waals surface area contributed by atoms with E-state index < -0.39 is 45.1 Å². The first-order valence-corrected chi connectivity index (χ1v) is 21.8. The van der Waals surface area contributed by atoms with Crippen LogP contribution >= 0.6 is 7.82 Å². The highest BCUT2D eigenvalue weighted by atomic mass is 31.2. The number of hydrogen-bond acceptors (Lipinski definition) is 8. The lowest BCUT2D eigenvalue weighted by molar-refractivity contribution is -0.154. The topological polar surface area (TPSA) is 155 Å². The predicted molar refractivity (Wildman–Crippen MR) is 217 cm³/mol. The Hall–Kier alpha value is -2.33. The first-order chi connectivity index (χ1) is 25.7. The van der Waals surface area contributed by atoms with Gasteiger partial charge in [-0.15, -0.1) is 0 Å². The summed E-state index contributed by atoms with van der Waals surface area (Å²) in [5, 5.41) is 8.88. The molecule has 0 aliphatic carbocycles. The lowest BCUT2D eigenvalue weighted by atomic mass is 10.1. The number of rotatable bonds is 38. The van der Waals surface area contributed by atoms with Gasteiger partial charge >= 0.3 is 19.8 Å². The average Bonchev–Trinajstić information content (AvgIpc) is 3.13.